The summed E-state index contributed by atoms with van der Waals surface area (Å²) in [4.78, 5) is 0. The Morgan fingerprint density at radius 1 is 0.545 bits per heavy atom. The Morgan fingerprint density at radius 3 is 1.50 bits per heavy atom. The third-order valence-corrected chi connectivity index (χ3v) is 9.38. The van der Waals surface area contributed by atoms with Crippen LogP contribution in [0.4, 0.5) is 0 Å². The third kappa shape index (κ3) is 2.48. The van der Waals surface area contributed by atoms with Crippen LogP contribution in [-0.4, -0.2) is 0 Å². The highest BCUT2D eigenvalue weighted by Gasteiger charge is 2.52. The van der Waals surface area contributed by atoms with Crippen LogP contribution in [0.2, 0.25) is 0 Å². The number of hydrogen-bond acceptors (Lipinski definition) is 0. The average Bonchev–Trinajstić information content (AvgIpc) is 2.53. The molecule has 128 valence electrons. The van der Waals surface area contributed by atoms with Crippen molar-refractivity contribution in [2.24, 2.45) is 65.1 Å². The monoisotopic (exact) mass is 304 g/mol. The van der Waals surface area contributed by atoms with Gasteiger partial charge in [0, 0.05) is 0 Å². The Bertz CT molecular complexity index is 377. The normalized spacial score (nSPS) is 58.8. The fourth-order valence-electron chi connectivity index (χ4n) is 7.29. The summed E-state index contributed by atoms with van der Waals surface area (Å²) < 4.78 is 0. The van der Waals surface area contributed by atoms with E-state index in [0.717, 1.165) is 65.1 Å². The molecular formula is C22H40. The number of hydrogen-bond donors (Lipinski definition) is 0. The summed E-state index contributed by atoms with van der Waals surface area (Å²) in [6.45, 7) is 17.8. The molecule has 3 aliphatic carbocycles. The van der Waals surface area contributed by atoms with Gasteiger partial charge in [-0.05, 0) is 84.4 Å². The molecule has 3 saturated carbocycles. The summed E-state index contributed by atoms with van der Waals surface area (Å²) in [7, 11) is 0. The first-order chi connectivity index (χ1) is 10.4. The summed E-state index contributed by atoms with van der Waals surface area (Å²) >= 11 is 0. The van der Waals surface area contributed by atoms with Gasteiger partial charge in [-0.2, -0.15) is 0 Å². The minimum atomic E-state index is 0.922. The van der Waals surface area contributed by atoms with Crippen LogP contribution in [-0.2, 0) is 0 Å². The summed E-state index contributed by atoms with van der Waals surface area (Å²) in [6, 6.07) is 0. The van der Waals surface area contributed by atoms with Crippen molar-refractivity contribution in [1.29, 1.82) is 0 Å². The van der Waals surface area contributed by atoms with Gasteiger partial charge in [-0.25, -0.2) is 0 Å². The van der Waals surface area contributed by atoms with E-state index in [1.807, 2.05) is 0 Å². The zero-order valence-corrected chi connectivity index (χ0v) is 16.2. The smallest absolute Gasteiger partial charge is 0.0352 e. The summed E-state index contributed by atoms with van der Waals surface area (Å²) in [6.07, 6.45) is 6.02. The van der Waals surface area contributed by atoms with Gasteiger partial charge in [0.15, 0.2) is 0 Å². The molecule has 0 aromatic rings. The fraction of sp³-hybridized carbons (Fsp3) is 1.00. The molecule has 3 aliphatic rings. The quantitative estimate of drug-likeness (QED) is 0.518. The van der Waals surface area contributed by atoms with Crippen LogP contribution in [0.5, 0.6) is 0 Å². The lowest BCUT2D eigenvalue weighted by molar-refractivity contribution is -0.0932. The Labute approximate surface area is 139 Å². The van der Waals surface area contributed by atoms with Gasteiger partial charge < -0.3 is 0 Å². The lowest BCUT2D eigenvalue weighted by Crippen LogP contribution is -2.51. The predicted molar refractivity (Wildman–Crippen MR) is 96.6 cm³/mol. The van der Waals surface area contributed by atoms with Gasteiger partial charge in [0.25, 0.3) is 0 Å². The molecule has 0 heterocycles. The molecular weight excluding hydrogens is 264 g/mol. The first-order valence-corrected chi connectivity index (χ1v) is 10.4. The van der Waals surface area contributed by atoms with Crippen molar-refractivity contribution in [2.75, 3.05) is 0 Å². The van der Waals surface area contributed by atoms with Crippen LogP contribution in [0.3, 0.4) is 0 Å². The van der Waals surface area contributed by atoms with E-state index in [1.165, 1.54) is 12.8 Å². The van der Waals surface area contributed by atoms with E-state index < -0.39 is 0 Å². The maximum atomic E-state index is 2.60. The first kappa shape index (κ1) is 16.8. The average molecular weight is 305 g/mol. The van der Waals surface area contributed by atoms with Gasteiger partial charge in [-0.15, -0.1) is 0 Å². The van der Waals surface area contributed by atoms with E-state index in [4.69, 9.17) is 0 Å². The molecule has 3 fully saturated rings. The minimum absolute atomic E-state index is 0.922. The van der Waals surface area contributed by atoms with Crippen molar-refractivity contribution in [3.63, 3.8) is 0 Å². The molecule has 0 radical (unpaired) electrons. The summed E-state index contributed by atoms with van der Waals surface area (Å²) in [5.41, 5.74) is 0. The highest BCUT2D eigenvalue weighted by Crippen LogP contribution is 2.59. The maximum absolute atomic E-state index is 2.60. The van der Waals surface area contributed by atoms with Crippen molar-refractivity contribution < 1.29 is 0 Å². The highest BCUT2D eigenvalue weighted by molar-refractivity contribution is 5.01. The molecule has 0 saturated heterocycles. The van der Waals surface area contributed by atoms with Crippen LogP contribution in [0.1, 0.15) is 74.1 Å². The zero-order valence-electron chi connectivity index (χ0n) is 16.2. The molecule has 11 unspecified atom stereocenters. The first-order valence-electron chi connectivity index (χ1n) is 10.4. The van der Waals surface area contributed by atoms with Gasteiger partial charge in [-0.1, -0.05) is 54.9 Å². The lowest BCUT2D eigenvalue weighted by Gasteiger charge is -2.58. The molecule has 0 aromatic heterocycles. The van der Waals surface area contributed by atoms with Crippen LogP contribution in [0.25, 0.3) is 0 Å². The third-order valence-electron chi connectivity index (χ3n) is 9.38. The second kappa shape index (κ2) is 6.14. The topological polar surface area (TPSA) is 0 Å². The second-order valence-electron chi connectivity index (χ2n) is 9.80. The Morgan fingerprint density at radius 2 is 1.00 bits per heavy atom. The van der Waals surface area contributed by atoms with Gasteiger partial charge in [0.05, 0.1) is 0 Å². The molecule has 0 aromatic carbocycles. The molecule has 0 aliphatic heterocycles. The van der Waals surface area contributed by atoms with Crippen LogP contribution < -0.4 is 0 Å². The Balaban J connectivity index is 1.85. The van der Waals surface area contributed by atoms with E-state index in [9.17, 15) is 0 Å². The van der Waals surface area contributed by atoms with Crippen LogP contribution >= 0.6 is 0 Å². The minimum Gasteiger partial charge on any atom is -0.0651 e. The van der Waals surface area contributed by atoms with Gasteiger partial charge in [0.1, 0.15) is 0 Å². The molecule has 22 heavy (non-hydrogen) atoms. The van der Waals surface area contributed by atoms with Crippen molar-refractivity contribution in [3.8, 4) is 0 Å². The summed E-state index contributed by atoms with van der Waals surface area (Å²) in [5.74, 6) is 10.8. The second-order valence-corrected chi connectivity index (χ2v) is 9.80. The van der Waals surface area contributed by atoms with Crippen LogP contribution in [0, 0.1) is 65.1 Å². The Hall–Kier alpha value is 0. The molecule has 0 amide bonds. The van der Waals surface area contributed by atoms with Crippen molar-refractivity contribution in [2.45, 2.75) is 74.1 Å². The zero-order chi connectivity index (χ0) is 16.2. The van der Waals surface area contributed by atoms with Crippen molar-refractivity contribution in [3.05, 3.63) is 0 Å². The van der Waals surface area contributed by atoms with E-state index in [1.54, 1.807) is 12.8 Å². The van der Waals surface area contributed by atoms with Gasteiger partial charge in [-0.3, -0.25) is 0 Å². The largest absolute Gasteiger partial charge is 0.0651 e. The molecule has 0 bridgehead atoms. The maximum Gasteiger partial charge on any atom is -0.0352 e. The molecule has 0 spiro atoms. The molecule has 0 N–H and O–H groups in total. The SMILES string of the molecule is CCC1CC(C)C2CC3C(C)C(C)C(C)C(C)C3CC2C1C. The molecule has 0 heteroatoms. The standard InChI is InChI=1S/C22H40/c1-8-18-9-12(2)19-10-20-15(5)13(3)14(4)16(6)21(20)11-22(19)17(18)7/h12-22H,8-11H2,1-7H3. The highest BCUT2D eigenvalue weighted by atomic mass is 14.6. The van der Waals surface area contributed by atoms with Crippen LogP contribution in [0.15, 0.2) is 0 Å². The fourth-order valence-corrected chi connectivity index (χ4v) is 7.29. The van der Waals surface area contributed by atoms with Gasteiger partial charge >= 0.3 is 0 Å². The number of fused-ring (bicyclic) bond motifs is 2. The van der Waals surface area contributed by atoms with Crippen molar-refractivity contribution in [1.82, 2.24) is 0 Å². The molecule has 11 atom stereocenters. The predicted octanol–water partition coefficient (Wildman–Crippen LogP) is 6.51. The van der Waals surface area contributed by atoms with E-state index in [2.05, 4.69) is 48.5 Å². The van der Waals surface area contributed by atoms with E-state index >= 15 is 0 Å². The molecule has 0 nitrogen and oxygen atoms in total. The van der Waals surface area contributed by atoms with Crippen molar-refractivity contribution >= 4 is 0 Å². The number of rotatable bonds is 1. The van der Waals surface area contributed by atoms with Gasteiger partial charge in [0.2, 0.25) is 0 Å². The Kier molecular flexibility index (Phi) is 4.70. The summed E-state index contributed by atoms with van der Waals surface area (Å²) in [5, 5.41) is 0. The molecule has 3 rings (SSSR count). The lowest BCUT2D eigenvalue weighted by atomic mass is 9.47. The van der Waals surface area contributed by atoms with E-state index in [-0.39, 0.29) is 0 Å². The van der Waals surface area contributed by atoms with E-state index in [0.29, 0.717) is 0 Å².